The van der Waals surface area contributed by atoms with Crippen LogP contribution in [0.1, 0.15) is 46.0 Å². The molecule has 1 N–H and O–H groups in total. The number of nitrogens with one attached hydrogen (secondary N) is 1. The predicted molar refractivity (Wildman–Crippen MR) is 90.6 cm³/mol. The van der Waals surface area contributed by atoms with Crippen LogP contribution in [-0.4, -0.2) is 49.6 Å². The molecule has 1 aliphatic carbocycles. The van der Waals surface area contributed by atoms with Crippen molar-refractivity contribution in [1.29, 1.82) is 0 Å². The molecule has 1 saturated carbocycles. The summed E-state index contributed by atoms with van der Waals surface area (Å²) in [7, 11) is 4.28. The smallest absolute Gasteiger partial charge is 0.156 e. The van der Waals surface area contributed by atoms with Crippen molar-refractivity contribution in [2.45, 2.75) is 46.0 Å². The van der Waals surface area contributed by atoms with E-state index >= 15 is 0 Å². The summed E-state index contributed by atoms with van der Waals surface area (Å²) < 4.78 is 0. The zero-order valence-electron chi connectivity index (χ0n) is 13.7. The van der Waals surface area contributed by atoms with Crippen LogP contribution in [0.15, 0.2) is 4.99 Å². The van der Waals surface area contributed by atoms with Crippen molar-refractivity contribution in [3.8, 4) is 0 Å². The summed E-state index contributed by atoms with van der Waals surface area (Å²) in [5.41, 5.74) is 0.819. The maximum Gasteiger partial charge on any atom is 0.156 e. The predicted octanol–water partition coefficient (Wildman–Crippen LogP) is 3.22. The standard InChI is InChI=1S/C16H31N3S/c1-15(2,12-19(3)4)10-17-14-18-11-16(13-20-14)8-6-5-7-9-16/h5-13H2,1-4H3,(H,17,18). The Morgan fingerprint density at radius 2 is 1.95 bits per heavy atom. The molecule has 1 heterocycles. The molecule has 1 aliphatic heterocycles. The van der Waals surface area contributed by atoms with E-state index in [1.54, 1.807) is 0 Å². The summed E-state index contributed by atoms with van der Waals surface area (Å²) >= 11 is 1.95. The van der Waals surface area contributed by atoms with E-state index in [4.69, 9.17) is 4.99 Å². The zero-order valence-corrected chi connectivity index (χ0v) is 14.5. The molecule has 0 radical (unpaired) electrons. The molecule has 4 heteroatoms. The van der Waals surface area contributed by atoms with E-state index in [2.05, 4.69) is 38.2 Å². The summed E-state index contributed by atoms with van der Waals surface area (Å²) in [5.74, 6) is 1.27. The first-order valence-electron chi connectivity index (χ1n) is 7.97. The van der Waals surface area contributed by atoms with Crippen molar-refractivity contribution in [1.82, 2.24) is 10.2 Å². The Morgan fingerprint density at radius 1 is 1.25 bits per heavy atom. The molecule has 116 valence electrons. The largest absolute Gasteiger partial charge is 0.364 e. The van der Waals surface area contributed by atoms with E-state index in [1.807, 2.05) is 11.8 Å². The second kappa shape index (κ2) is 6.69. The first-order chi connectivity index (χ1) is 9.41. The van der Waals surface area contributed by atoms with Gasteiger partial charge >= 0.3 is 0 Å². The average Bonchev–Trinajstić information content (AvgIpc) is 2.38. The van der Waals surface area contributed by atoms with Crippen LogP contribution in [0.2, 0.25) is 0 Å². The van der Waals surface area contributed by atoms with E-state index in [1.165, 1.54) is 43.0 Å². The molecule has 0 aromatic heterocycles. The molecule has 0 aromatic rings. The van der Waals surface area contributed by atoms with Crippen molar-refractivity contribution in [3.63, 3.8) is 0 Å². The maximum absolute atomic E-state index is 4.84. The second-order valence-electron chi connectivity index (χ2n) is 7.73. The van der Waals surface area contributed by atoms with Gasteiger partial charge in [0.25, 0.3) is 0 Å². The van der Waals surface area contributed by atoms with Gasteiger partial charge in [0.2, 0.25) is 0 Å². The normalized spacial score (nSPS) is 22.9. The Morgan fingerprint density at radius 3 is 2.50 bits per heavy atom. The molecule has 1 spiro atoms. The fourth-order valence-electron chi connectivity index (χ4n) is 3.49. The van der Waals surface area contributed by atoms with Crippen LogP contribution in [0.5, 0.6) is 0 Å². The Balaban J connectivity index is 1.80. The number of rotatable bonds is 4. The summed E-state index contributed by atoms with van der Waals surface area (Å²) in [5, 5.41) is 4.75. The number of hydrogen-bond donors (Lipinski definition) is 1. The fraction of sp³-hybridized carbons (Fsp3) is 0.938. The maximum atomic E-state index is 4.84. The van der Waals surface area contributed by atoms with E-state index < -0.39 is 0 Å². The number of amidine groups is 1. The zero-order chi connectivity index (χ0) is 14.6. The molecule has 1 fully saturated rings. The molecule has 3 nitrogen and oxygen atoms in total. The van der Waals surface area contributed by atoms with Gasteiger partial charge in [-0.05, 0) is 37.8 Å². The lowest BCUT2D eigenvalue weighted by molar-refractivity contribution is 0.230. The van der Waals surface area contributed by atoms with Crippen molar-refractivity contribution in [3.05, 3.63) is 0 Å². The SMILES string of the molecule is CN(C)CC(C)(C)CNC1=NCC2(CCCCC2)CS1. The molecule has 0 amide bonds. The van der Waals surface area contributed by atoms with Gasteiger partial charge < -0.3 is 10.2 Å². The molecule has 0 bridgehead atoms. The summed E-state index contributed by atoms with van der Waals surface area (Å²) in [6.45, 7) is 7.79. The quantitative estimate of drug-likeness (QED) is 0.863. The summed E-state index contributed by atoms with van der Waals surface area (Å²) in [4.78, 5) is 7.10. The Hall–Kier alpha value is -0.220. The highest BCUT2D eigenvalue weighted by Crippen LogP contribution is 2.41. The molecule has 0 unspecified atom stereocenters. The third-order valence-corrected chi connectivity index (χ3v) is 5.75. The lowest BCUT2D eigenvalue weighted by atomic mass is 9.75. The van der Waals surface area contributed by atoms with Crippen molar-refractivity contribution < 1.29 is 0 Å². The van der Waals surface area contributed by atoms with Gasteiger partial charge in [-0.25, -0.2) is 0 Å². The van der Waals surface area contributed by atoms with E-state index in [0.29, 0.717) is 5.41 Å². The first-order valence-corrected chi connectivity index (χ1v) is 8.95. The summed E-state index contributed by atoms with van der Waals surface area (Å²) in [6, 6.07) is 0. The van der Waals surface area contributed by atoms with Crippen LogP contribution in [0, 0.1) is 10.8 Å². The molecule has 20 heavy (non-hydrogen) atoms. The lowest BCUT2D eigenvalue weighted by Crippen LogP contribution is -2.42. The number of thioether (sulfide) groups is 1. The van der Waals surface area contributed by atoms with Gasteiger partial charge in [0, 0.05) is 25.4 Å². The van der Waals surface area contributed by atoms with Crippen molar-refractivity contribution in [2.75, 3.05) is 39.5 Å². The molecular formula is C16H31N3S. The van der Waals surface area contributed by atoms with Gasteiger partial charge in [-0.2, -0.15) is 0 Å². The van der Waals surface area contributed by atoms with Gasteiger partial charge in [-0.3, -0.25) is 4.99 Å². The van der Waals surface area contributed by atoms with Gasteiger partial charge in [0.15, 0.2) is 5.17 Å². The Bertz CT molecular complexity index is 344. The summed E-state index contributed by atoms with van der Waals surface area (Å²) in [6.07, 6.45) is 7.04. The number of hydrogen-bond acceptors (Lipinski definition) is 4. The number of aliphatic imine (C=N–C) groups is 1. The van der Waals surface area contributed by atoms with Crippen LogP contribution in [-0.2, 0) is 0 Å². The van der Waals surface area contributed by atoms with Gasteiger partial charge in [0.05, 0.1) is 0 Å². The Labute approximate surface area is 129 Å². The highest BCUT2D eigenvalue weighted by atomic mass is 32.2. The molecule has 0 saturated heterocycles. The van der Waals surface area contributed by atoms with E-state index in [9.17, 15) is 0 Å². The average molecular weight is 298 g/mol. The minimum atomic E-state index is 0.284. The van der Waals surface area contributed by atoms with Crippen LogP contribution in [0.3, 0.4) is 0 Å². The van der Waals surface area contributed by atoms with Crippen molar-refractivity contribution in [2.24, 2.45) is 15.8 Å². The van der Waals surface area contributed by atoms with Gasteiger partial charge in [0.1, 0.15) is 0 Å². The third-order valence-electron chi connectivity index (χ3n) is 4.45. The molecule has 2 rings (SSSR count). The highest BCUT2D eigenvalue weighted by Gasteiger charge is 2.35. The van der Waals surface area contributed by atoms with Gasteiger partial charge in [-0.15, -0.1) is 0 Å². The highest BCUT2D eigenvalue weighted by molar-refractivity contribution is 8.13. The van der Waals surface area contributed by atoms with Crippen LogP contribution in [0.25, 0.3) is 0 Å². The minimum absolute atomic E-state index is 0.284. The van der Waals surface area contributed by atoms with E-state index in [0.717, 1.165) is 19.6 Å². The first kappa shape index (κ1) is 16.2. The fourth-order valence-corrected chi connectivity index (χ4v) is 4.64. The van der Waals surface area contributed by atoms with Gasteiger partial charge in [-0.1, -0.05) is 44.9 Å². The van der Waals surface area contributed by atoms with Crippen molar-refractivity contribution >= 4 is 16.9 Å². The molecule has 2 aliphatic rings. The molecular weight excluding hydrogens is 266 g/mol. The third kappa shape index (κ3) is 4.66. The monoisotopic (exact) mass is 297 g/mol. The van der Waals surface area contributed by atoms with Crippen LogP contribution in [0.4, 0.5) is 0 Å². The minimum Gasteiger partial charge on any atom is -0.364 e. The second-order valence-corrected chi connectivity index (χ2v) is 8.69. The number of nitrogens with zero attached hydrogens (tertiary/aromatic N) is 2. The van der Waals surface area contributed by atoms with Crippen LogP contribution >= 0.6 is 11.8 Å². The molecule has 0 aromatic carbocycles. The molecule has 0 atom stereocenters. The lowest BCUT2D eigenvalue weighted by Gasteiger charge is -2.39. The van der Waals surface area contributed by atoms with Crippen LogP contribution < -0.4 is 5.32 Å². The topological polar surface area (TPSA) is 27.6 Å². The Kier molecular flexibility index (Phi) is 5.41. The van der Waals surface area contributed by atoms with E-state index in [-0.39, 0.29) is 5.41 Å².